The maximum atomic E-state index is 8.80. The van der Waals surface area contributed by atoms with Gasteiger partial charge in [-0.15, -0.1) is 0 Å². The molecule has 0 aromatic heterocycles. The van der Waals surface area contributed by atoms with E-state index in [1.54, 1.807) is 0 Å². The fourth-order valence-corrected chi connectivity index (χ4v) is 2.32. The standard InChI is InChI=1S/C10H14N2/c1-12-9-3-2-4-10(12)6-8(5-9)7-11/h5,9-10H,2-4,6H2,1H3. The van der Waals surface area contributed by atoms with Gasteiger partial charge >= 0.3 is 0 Å². The predicted octanol–water partition coefficient (Wildman–Crippen LogP) is 1.69. The van der Waals surface area contributed by atoms with E-state index in [9.17, 15) is 0 Å². The first-order chi connectivity index (χ1) is 5.81. The third-order valence-electron chi connectivity index (χ3n) is 3.13. The van der Waals surface area contributed by atoms with Crippen LogP contribution in [0.15, 0.2) is 11.6 Å². The smallest absolute Gasteiger partial charge is 0.0944 e. The minimum Gasteiger partial charge on any atom is -0.297 e. The van der Waals surface area contributed by atoms with Crippen molar-refractivity contribution < 1.29 is 0 Å². The first-order valence-corrected chi connectivity index (χ1v) is 4.64. The summed E-state index contributed by atoms with van der Waals surface area (Å²) >= 11 is 0. The van der Waals surface area contributed by atoms with Crippen LogP contribution in [0.5, 0.6) is 0 Å². The SMILES string of the molecule is CN1C2C=C(C#N)CC1CCC2. The summed E-state index contributed by atoms with van der Waals surface area (Å²) in [6.07, 6.45) is 6.96. The molecule has 1 saturated heterocycles. The molecule has 2 bridgehead atoms. The normalized spacial score (nSPS) is 35.5. The van der Waals surface area contributed by atoms with Crippen molar-refractivity contribution in [2.75, 3.05) is 7.05 Å². The van der Waals surface area contributed by atoms with Gasteiger partial charge in [0.25, 0.3) is 0 Å². The Morgan fingerprint density at radius 2 is 2.42 bits per heavy atom. The van der Waals surface area contributed by atoms with Crippen LogP contribution in [-0.4, -0.2) is 24.0 Å². The lowest BCUT2D eigenvalue weighted by molar-refractivity contribution is 0.131. The van der Waals surface area contributed by atoms with E-state index in [4.69, 9.17) is 5.26 Å². The summed E-state index contributed by atoms with van der Waals surface area (Å²) in [6, 6.07) is 3.48. The van der Waals surface area contributed by atoms with Gasteiger partial charge in [-0.05, 0) is 26.3 Å². The molecule has 0 radical (unpaired) electrons. The average molecular weight is 162 g/mol. The third kappa shape index (κ3) is 1.15. The highest BCUT2D eigenvalue weighted by molar-refractivity contribution is 5.27. The highest BCUT2D eigenvalue weighted by atomic mass is 15.2. The van der Waals surface area contributed by atoms with E-state index in [0.29, 0.717) is 12.1 Å². The lowest BCUT2D eigenvalue weighted by Gasteiger charge is -2.41. The Hall–Kier alpha value is -0.810. The van der Waals surface area contributed by atoms with Gasteiger partial charge in [-0.25, -0.2) is 0 Å². The molecule has 2 aliphatic rings. The zero-order chi connectivity index (χ0) is 8.55. The Labute approximate surface area is 73.5 Å². The molecule has 2 rings (SSSR count). The summed E-state index contributed by atoms with van der Waals surface area (Å²) < 4.78 is 0. The molecule has 2 heterocycles. The molecule has 0 amide bonds. The molecule has 2 nitrogen and oxygen atoms in total. The van der Waals surface area contributed by atoms with E-state index in [2.05, 4.69) is 24.1 Å². The molecule has 0 N–H and O–H groups in total. The van der Waals surface area contributed by atoms with E-state index in [1.807, 2.05) is 0 Å². The molecule has 2 aliphatic heterocycles. The fraction of sp³-hybridized carbons (Fsp3) is 0.700. The van der Waals surface area contributed by atoms with Crippen LogP contribution < -0.4 is 0 Å². The lowest BCUT2D eigenvalue weighted by Crippen LogP contribution is -2.45. The van der Waals surface area contributed by atoms with Crippen LogP contribution in [0.1, 0.15) is 25.7 Å². The summed E-state index contributed by atoms with van der Waals surface area (Å²) in [7, 11) is 2.18. The van der Waals surface area contributed by atoms with E-state index >= 15 is 0 Å². The number of hydrogen-bond acceptors (Lipinski definition) is 2. The average Bonchev–Trinajstić information content (AvgIpc) is 2.04. The second kappa shape index (κ2) is 2.91. The Bertz CT molecular complexity index is 249. The molecule has 0 spiro atoms. The van der Waals surface area contributed by atoms with Crippen molar-refractivity contribution in [3.05, 3.63) is 11.6 Å². The van der Waals surface area contributed by atoms with Gasteiger partial charge in [-0.1, -0.05) is 12.5 Å². The highest BCUT2D eigenvalue weighted by Crippen LogP contribution is 2.31. The van der Waals surface area contributed by atoms with Gasteiger partial charge in [0.15, 0.2) is 0 Å². The van der Waals surface area contributed by atoms with Crippen molar-refractivity contribution in [1.82, 2.24) is 4.90 Å². The second-order valence-corrected chi connectivity index (χ2v) is 3.83. The molecule has 0 aromatic rings. The van der Waals surface area contributed by atoms with Crippen LogP contribution in [0, 0.1) is 11.3 Å². The molecule has 2 unspecified atom stereocenters. The lowest BCUT2D eigenvalue weighted by atomic mass is 9.86. The minimum absolute atomic E-state index is 0.548. The molecule has 64 valence electrons. The molecule has 12 heavy (non-hydrogen) atoms. The van der Waals surface area contributed by atoms with Crippen molar-refractivity contribution in [2.24, 2.45) is 0 Å². The van der Waals surface area contributed by atoms with Crippen LogP contribution in [0.25, 0.3) is 0 Å². The largest absolute Gasteiger partial charge is 0.297 e. The summed E-state index contributed by atoms with van der Waals surface area (Å²) in [5, 5.41) is 8.80. The first-order valence-electron chi connectivity index (χ1n) is 4.64. The summed E-state index contributed by atoms with van der Waals surface area (Å²) in [5.41, 5.74) is 1.00. The number of likely N-dealkylation sites (N-methyl/N-ethyl adjacent to an activating group) is 1. The Morgan fingerprint density at radius 3 is 3.08 bits per heavy atom. The van der Waals surface area contributed by atoms with Gasteiger partial charge in [-0.3, -0.25) is 4.90 Å². The predicted molar refractivity (Wildman–Crippen MR) is 47.5 cm³/mol. The maximum Gasteiger partial charge on any atom is 0.0944 e. The Balaban J connectivity index is 2.24. The van der Waals surface area contributed by atoms with Gasteiger partial charge in [-0.2, -0.15) is 5.26 Å². The number of fused-ring (bicyclic) bond motifs is 2. The Morgan fingerprint density at radius 1 is 1.58 bits per heavy atom. The summed E-state index contributed by atoms with van der Waals surface area (Å²) in [4.78, 5) is 2.42. The van der Waals surface area contributed by atoms with Gasteiger partial charge in [0, 0.05) is 17.7 Å². The molecule has 1 fully saturated rings. The molecular formula is C10H14N2. The summed E-state index contributed by atoms with van der Waals surface area (Å²) in [6.45, 7) is 0. The van der Waals surface area contributed by atoms with E-state index in [0.717, 1.165) is 12.0 Å². The highest BCUT2D eigenvalue weighted by Gasteiger charge is 2.30. The van der Waals surface area contributed by atoms with Crippen LogP contribution in [0.3, 0.4) is 0 Å². The zero-order valence-electron chi connectivity index (χ0n) is 7.45. The number of nitrogens with zero attached hydrogens (tertiary/aromatic N) is 2. The minimum atomic E-state index is 0.548. The third-order valence-corrected chi connectivity index (χ3v) is 3.13. The van der Waals surface area contributed by atoms with Gasteiger partial charge in [0.2, 0.25) is 0 Å². The molecule has 0 aliphatic carbocycles. The summed E-state index contributed by atoms with van der Waals surface area (Å²) in [5.74, 6) is 0. The molecule has 2 atom stereocenters. The first kappa shape index (κ1) is 7.82. The second-order valence-electron chi connectivity index (χ2n) is 3.83. The fourth-order valence-electron chi connectivity index (χ4n) is 2.32. The van der Waals surface area contributed by atoms with Gasteiger partial charge in [0.05, 0.1) is 6.07 Å². The van der Waals surface area contributed by atoms with Crippen molar-refractivity contribution in [3.63, 3.8) is 0 Å². The molecule has 2 heteroatoms. The van der Waals surface area contributed by atoms with Crippen LogP contribution >= 0.6 is 0 Å². The van der Waals surface area contributed by atoms with Gasteiger partial charge in [0.1, 0.15) is 0 Å². The van der Waals surface area contributed by atoms with E-state index in [1.165, 1.54) is 19.3 Å². The van der Waals surface area contributed by atoms with Crippen molar-refractivity contribution in [1.29, 1.82) is 5.26 Å². The van der Waals surface area contributed by atoms with Crippen LogP contribution in [-0.2, 0) is 0 Å². The quantitative estimate of drug-likeness (QED) is 0.542. The van der Waals surface area contributed by atoms with Crippen molar-refractivity contribution in [2.45, 2.75) is 37.8 Å². The Kier molecular flexibility index (Phi) is 1.90. The maximum absolute atomic E-state index is 8.80. The van der Waals surface area contributed by atoms with Crippen LogP contribution in [0.4, 0.5) is 0 Å². The van der Waals surface area contributed by atoms with E-state index in [-0.39, 0.29) is 0 Å². The van der Waals surface area contributed by atoms with Crippen molar-refractivity contribution in [3.8, 4) is 6.07 Å². The van der Waals surface area contributed by atoms with Gasteiger partial charge < -0.3 is 0 Å². The monoisotopic (exact) mass is 162 g/mol. The van der Waals surface area contributed by atoms with Crippen LogP contribution in [0.2, 0.25) is 0 Å². The molecule has 0 saturated carbocycles. The number of piperidine rings is 1. The molecular weight excluding hydrogens is 148 g/mol. The molecule has 0 aromatic carbocycles. The number of rotatable bonds is 0. The number of nitriles is 1. The zero-order valence-corrected chi connectivity index (χ0v) is 7.45. The van der Waals surface area contributed by atoms with E-state index < -0.39 is 0 Å². The topological polar surface area (TPSA) is 27.0 Å². The number of hydrogen-bond donors (Lipinski definition) is 0. The van der Waals surface area contributed by atoms with Crippen molar-refractivity contribution >= 4 is 0 Å².